The van der Waals surface area contributed by atoms with Gasteiger partial charge < -0.3 is 24.3 Å². The van der Waals surface area contributed by atoms with E-state index in [9.17, 15) is 40.9 Å². The summed E-state index contributed by atoms with van der Waals surface area (Å²) in [6, 6.07) is 16.3. The summed E-state index contributed by atoms with van der Waals surface area (Å²) >= 11 is 0. The zero-order valence-electron chi connectivity index (χ0n) is 29.0. The molecule has 2 aromatic carbocycles. The van der Waals surface area contributed by atoms with Gasteiger partial charge in [0.1, 0.15) is 11.5 Å². The normalized spacial score (nSPS) is 13.5. The maximum absolute atomic E-state index is 13.2. The molecule has 16 heteroatoms. The molecule has 0 saturated heterocycles. The summed E-state index contributed by atoms with van der Waals surface area (Å²) in [6.07, 6.45) is 5.75. The van der Waals surface area contributed by atoms with Gasteiger partial charge in [0.15, 0.2) is 0 Å². The third kappa shape index (κ3) is 13.7. The fourth-order valence-corrected chi connectivity index (χ4v) is 7.29. The van der Waals surface area contributed by atoms with Crippen molar-refractivity contribution in [1.82, 2.24) is 10.2 Å². The van der Waals surface area contributed by atoms with Gasteiger partial charge in [-0.3, -0.25) is 14.3 Å². The third-order valence-corrected chi connectivity index (χ3v) is 10.6. The predicted molar refractivity (Wildman–Crippen MR) is 186 cm³/mol. The predicted octanol–water partition coefficient (Wildman–Crippen LogP) is 1.09. The Hall–Kier alpha value is -3.21. The van der Waals surface area contributed by atoms with Crippen molar-refractivity contribution >= 4 is 37.6 Å². The first-order valence-electron chi connectivity index (χ1n) is 16.7. The number of benzene rings is 2. The average Bonchev–Trinajstić information content (AvgIpc) is 3.90. The molecule has 0 bridgehead atoms. The van der Waals surface area contributed by atoms with Crippen molar-refractivity contribution in [3.05, 3.63) is 88.0 Å². The van der Waals surface area contributed by atoms with Crippen molar-refractivity contribution in [2.75, 3.05) is 30.6 Å². The minimum Gasteiger partial charge on any atom is -0.748 e. The molecular formula is C35H44N3NaO10S2. The van der Waals surface area contributed by atoms with Gasteiger partial charge in [-0.05, 0) is 67.9 Å². The molecule has 1 aromatic heterocycles. The van der Waals surface area contributed by atoms with Crippen LogP contribution in [0.15, 0.2) is 74.8 Å². The standard InChI is InChI=1S/C35H45N3O10S2.Na/c1-38(21-22-49(43,44)45)32(41)17-8-3-2-7-16-31(40)36-20-10-13-28-24-30(39)34(35(42)48-28)33(25-18-19-25)26-11-9-12-27(23-26)37-50(46,47)29-14-5-4-6-15-29;/h4-6,9,11-12,14-15,23-25,33,37,39H,2-3,7-8,10,13,16-22H2,1H3,(H,36,40)(H,43,44,45);/q;+1/p-1. The number of carbonyl (C=O) groups is 2. The van der Waals surface area contributed by atoms with Gasteiger partial charge >= 0.3 is 35.2 Å². The topological polar surface area (TPSA) is 203 Å². The van der Waals surface area contributed by atoms with Crippen LogP contribution in [0.3, 0.4) is 0 Å². The fraction of sp³-hybridized carbons (Fsp3) is 0.457. The van der Waals surface area contributed by atoms with Gasteiger partial charge in [-0.1, -0.05) is 43.2 Å². The number of anilines is 1. The molecule has 2 amide bonds. The fourth-order valence-electron chi connectivity index (χ4n) is 5.72. The van der Waals surface area contributed by atoms with E-state index in [2.05, 4.69) is 10.0 Å². The molecular weight excluding hydrogens is 710 g/mol. The van der Waals surface area contributed by atoms with Crippen LogP contribution in [0.25, 0.3) is 0 Å². The number of hydrogen-bond acceptors (Lipinski definition) is 10. The zero-order valence-corrected chi connectivity index (χ0v) is 32.6. The second-order valence-electron chi connectivity index (χ2n) is 12.6. The van der Waals surface area contributed by atoms with Crippen LogP contribution in [0, 0.1) is 5.92 Å². The van der Waals surface area contributed by atoms with Crippen molar-refractivity contribution in [1.29, 1.82) is 0 Å². The molecule has 272 valence electrons. The van der Waals surface area contributed by atoms with Gasteiger partial charge in [-0.15, -0.1) is 0 Å². The smallest absolute Gasteiger partial charge is 0.748 e. The van der Waals surface area contributed by atoms with Crippen LogP contribution in [0.2, 0.25) is 0 Å². The molecule has 3 aromatic rings. The number of carbonyl (C=O) groups excluding carboxylic acids is 2. The Kier molecular flexibility index (Phi) is 16.2. The second-order valence-corrected chi connectivity index (χ2v) is 15.8. The first kappa shape index (κ1) is 42.2. The largest absolute Gasteiger partial charge is 1.00 e. The van der Waals surface area contributed by atoms with E-state index in [4.69, 9.17) is 4.42 Å². The average molecular weight is 754 g/mol. The summed E-state index contributed by atoms with van der Waals surface area (Å²) in [7, 11) is -6.73. The number of unbranched alkanes of at least 4 members (excludes halogenated alkanes) is 3. The maximum atomic E-state index is 13.2. The summed E-state index contributed by atoms with van der Waals surface area (Å²) in [6.45, 7) is 0.215. The molecule has 1 heterocycles. The summed E-state index contributed by atoms with van der Waals surface area (Å²) in [4.78, 5) is 38.8. The van der Waals surface area contributed by atoms with E-state index >= 15 is 0 Å². The van der Waals surface area contributed by atoms with E-state index in [1.807, 2.05) is 0 Å². The Labute approximate surface area is 321 Å². The van der Waals surface area contributed by atoms with Crippen molar-refractivity contribution in [2.45, 2.75) is 75.0 Å². The molecule has 1 saturated carbocycles. The molecule has 4 rings (SSSR count). The number of rotatable bonds is 20. The number of aromatic hydroxyl groups is 1. The number of sulfonamides is 1. The van der Waals surface area contributed by atoms with Crippen molar-refractivity contribution in [2.24, 2.45) is 5.92 Å². The van der Waals surface area contributed by atoms with Crippen LogP contribution in [-0.4, -0.2) is 69.1 Å². The second kappa shape index (κ2) is 19.6. The van der Waals surface area contributed by atoms with Crippen LogP contribution >= 0.6 is 0 Å². The number of nitrogens with zero attached hydrogens (tertiary/aromatic N) is 1. The number of hydrogen-bond donors (Lipinski definition) is 3. The van der Waals surface area contributed by atoms with Crippen molar-refractivity contribution in [3.8, 4) is 5.75 Å². The van der Waals surface area contributed by atoms with Crippen LogP contribution in [0.1, 0.15) is 80.6 Å². The molecule has 0 radical (unpaired) electrons. The minimum absolute atomic E-state index is 0. The van der Waals surface area contributed by atoms with E-state index < -0.39 is 37.4 Å². The number of aryl methyl sites for hydroxylation is 1. The maximum Gasteiger partial charge on any atom is 1.00 e. The Morgan fingerprint density at radius 1 is 0.961 bits per heavy atom. The first-order chi connectivity index (χ1) is 23.7. The van der Waals surface area contributed by atoms with E-state index in [-0.39, 0.29) is 76.5 Å². The van der Waals surface area contributed by atoms with E-state index in [1.165, 1.54) is 30.1 Å². The van der Waals surface area contributed by atoms with Gasteiger partial charge in [0.25, 0.3) is 10.0 Å². The van der Waals surface area contributed by atoms with E-state index in [1.54, 1.807) is 42.5 Å². The van der Waals surface area contributed by atoms with Gasteiger partial charge in [-0.25, -0.2) is 21.6 Å². The van der Waals surface area contributed by atoms with Crippen LogP contribution in [0.5, 0.6) is 5.75 Å². The third-order valence-electron chi connectivity index (χ3n) is 8.54. The first-order valence-corrected chi connectivity index (χ1v) is 19.8. The molecule has 1 fully saturated rings. The molecule has 1 aliphatic rings. The minimum atomic E-state index is -4.37. The van der Waals surface area contributed by atoms with Crippen LogP contribution in [-0.2, 0) is 36.2 Å². The van der Waals surface area contributed by atoms with Crippen LogP contribution < -0.4 is 45.2 Å². The molecule has 1 aliphatic carbocycles. The number of amides is 2. The molecule has 13 nitrogen and oxygen atoms in total. The molecule has 1 atom stereocenters. The molecule has 0 aliphatic heterocycles. The van der Waals surface area contributed by atoms with E-state index in [0.29, 0.717) is 55.7 Å². The zero-order chi connectivity index (χ0) is 36.3. The molecule has 51 heavy (non-hydrogen) atoms. The van der Waals surface area contributed by atoms with Gasteiger partial charge in [-0.2, -0.15) is 0 Å². The SMILES string of the molecule is CN(CCS(=O)(=O)[O-])C(=O)CCCCCCC(=O)NCCCc1cc(O)c(C(c2cccc(NS(=O)(=O)c3ccccc3)c2)C2CC2)c(=O)o1.[Na+]. The van der Waals surface area contributed by atoms with Gasteiger partial charge in [0.2, 0.25) is 11.8 Å². The van der Waals surface area contributed by atoms with Crippen LogP contribution in [0.4, 0.5) is 5.69 Å². The van der Waals surface area contributed by atoms with Gasteiger partial charge in [0, 0.05) is 57.1 Å². The number of nitrogens with one attached hydrogen (secondary N) is 2. The van der Waals surface area contributed by atoms with Gasteiger partial charge in [0.05, 0.1) is 26.3 Å². The van der Waals surface area contributed by atoms with Crippen molar-refractivity contribution in [3.63, 3.8) is 0 Å². The van der Waals surface area contributed by atoms with E-state index in [0.717, 1.165) is 25.7 Å². The monoisotopic (exact) mass is 753 g/mol. The molecule has 0 spiro atoms. The molecule has 1 unspecified atom stereocenters. The Morgan fingerprint density at radius 3 is 2.29 bits per heavy atom. The Balaban J connectivity index is 0.00000702. The van der Waals surface area contributed by atoms with Crippen molar-refractivity contribution < 1.29 is 70.1 Å². The quantitative estimate of drug-likeness (QED) is 0.0852. The summed E-state index contributed by atoms with van der Waals surface area (Å²) in [5, 5.41) is 13.8. The summed E-state index contributed by atoms with van der Waals surface area (Å²) in [5.74, 6) is -1.24. The Bertz CT molecular complexity index is 1900. The summed E-state index contributed by atoms with van der Waals surface area (Å²) < 4.78 is 66.1. The Morgan fingerprint density at radius 2 is 1.65 bits per heavy atom. The molecule has 3 N–H and O–H groups in total. The summed E-state index contributed by atoms with van der Waals surface area (Å²) in [5.41, 5.74) is 0.511.